The van der Waals surface area contributed by atoms with Crippen LogP contribution in [0.1, 0.15) is 12.8 Å². The highest BCUT2D eigenvalue weighted by atomic mass is 32.2. The Labute approximate surface area is 114 Å². The Morgan fingerprint density at radius 2 is 2.05 bits per heavy atom. The van der Waals surface area contributed by atoms with Crippen LogP contribution in [0.25, 0.3) is 5.65 Å². The van der Waals surface area contributed by atoms with Crippen molar-refractivity contribution in [2.45, 2.75) is 17.7 Å². The highest BCUT2D eigenvalue weighted by Crippen LogP contribution is 2.26. The molecule has 1 amide bonds. The minimum Gasteiger partial charge on any atom is -0.333 e. The third-order valence-electron chi connectivity index (χ3n) is 3.14. The summed E-state index contributed by atoms with van der Waals surface area (Å²) in [5, 5.41) is 0.0312. The number of carbonyl (C=O) groups excluding carboxylic acids is 1. The fourth-order valence-corrected chi connectivity index (χ4v) is 3.06. The van der Waals surface area contributed by atoms with Gasteiger partial charge in [0, 0.05) is 31.5 Å². The lowest BCUT2D eigenvalue weighted by Gasteiger charge is -2.14. The zero-order valence-corrected chi connectivity index (χ0v) is 11.1. The van der Waals surface area contributed by atoms with Crippen molar-refractivity contribution in [3.05, 3.63) is 40.9 Å². The number of carbonyl (C=O) groups is 1. The molecule has 2 aromatic rings. The van der Waals surface area contributed by atoms with E-state index in [0.717, 1.165) is 42.6 Å². The number of hydrogen-bond donors (Lipinski definition) is 0. The first-order valence-electron chi connectivity index (χ1n) is 6.19. The van der Waals surface area contributed by atoms with Crippen molar-refractivity contribution in [1.82, 2.24) is 14.3 Å². The van der Waals surface area contributed by atoms with Gasteiger partial charge in [0.1, 0.15) is 0 Å². The molecule has 0 N–H and O–H groups in total. The van der Waals surface area contributed by atoms with Crippen LogP contribution >= 0.6 is 11.8 Å². The second-order valence-electron chi connectivity index (χ2n) is 4.41. The quantitative estimate of drug-likeness (QED) is 0.747. The molecule has 0 aliphatic carbocycles. The van der Waals surface area contributed by atoms with E-state index in [4.69, 9.17) is 0 Å². The molecule has 0 saturated carbocycles. The second kappa shape index (κ2) is 5.05. The molecule has 0 unspecified atom stereocenters. The van der Waals surface area contributed by atoms with Crippen molar-refractivity contribution >= 4 is 22.6 Å². The minimum absolute atomic E-state index is 0.0312. The lowest BCUT2D eigenvalue weighted by Crippen LogP contribution is -2.23. The Morgan fingerprint density at radius 1 is 1.26 bits per heavy atom. The van der Waals surface area contributed by atoms with E-state index >= 15 is 0 Å². The molecule has 0 spiro atoms. The molecule has 1 fully saturated rings. The molecule has 1 saturated heterocycles. The van der Waals surface area contributed by atoms with Gasteiger partial charge in [0.05, 0.1) is 4.90 Å². The van der Waals surface area contributed by atoms with Gasteiger partial charge in [0.25, 0.3) is 10.8 Å². The molecule has 2 aromatic heterocycles. The van der Waals surface area contributed by atoms with E-state index in [1.807, 2.05) is 11.0 Å². The monoisotopic (exact) mass is 275 g/mol. The fraction of sp³-hybridized carbons (Fsp3) is 0.308. The summed E-state index contributed by atoms with van der Waals surface area (Å²) in [6.45, 7) is 1.65. The lowest BCUT2D eigenvalue weighted by atomic mass is 10.4. The molecule has 0 aromatic carbocycles. The second-order valence-corrected chi connectivity index (χ2v) is 5.40. The smallest absolute Gasteiger partial charge is 0.286 e. The molecular weight excluding hydrogens is 262 g/mol. The van der Waals surface area contributed by atoms with Crippen LogP contribution in [0, 0.1) is 0 Å². The summed E-state index contributed by atoms with van der Waals surface area (Å²) < 4.78 is 1.46. The Kier molecular flexibility index (Phi) is 3.25. The van der Waals surface area contributed by atoms with E-state index in [1.54, 1.807) is 12.3 Å². The fourth-order valence-electron chi connectivity index (χ4n) is 2.17. The van der Waals surface area contributed by atoms with E-state index < -0.39 is 0 Å². The van der Waals surface area contributed by atoms with Crippen LogP contribution in [0.2, 0.25) is 0 Å². The van der Waals surface area contributed by atoms with Crippen molar-refractivity contribution in [2.75, 3.05) is 13.1 Å². The molecule has 6 heteroatoms. The van der Waals surface area contributed by atoms with Gasteiger partial charge in [-0.2, -0.15) is 0 Å². The van der Waals surface area contributed by atoms with Crippen molar-refractivity contribution in [3.8, 4) is 0 Å². The lowest BCUT2D eigenvalue weighted by molar-refractivity contribution is 0.233. The van der Waals surface area contributed by atoms with Crippen LogP contribution in [0.5, 0.6) is 0 Å². The van der Waals surface area contributed by atoms with E-state index in [2.05, 4.69) is 4.98 Å². The first-order chi connectivity index (χ1) is 9.25. The van der Waals surface area contributed by atoms with Crippen LogP contribution in [0.3, 0.4) is 0 Å². The molecule has 0 bridgehead atoms. The third kappa shape index (κ3) is 2.35. The molecule has 3 rings (SSSR count). The van der Waals surface area contributed by atoms with Crippen LogP contribution in [0.4, 0.5) is 4.79 Å². The summed E-state index contributed by atoms with van der Waals surface area (Å²) >= 11 is 1.14. The highest BCUT2D eigenvalue weighted by molar-refractivity contribution is 8.13. The predicted octanol–water partition coefficient (Wildman–Crippen LogP) is 2.00. The van der Waals surface area contributed by atoms with Crippen molar-refractivity contribution < 1.29 is 4.79 Å². The van der Waals surface area contributed by atoms with Gasteiger partial charge >= 0.3 is 0 Å². The molecule has 98 valence electrons. The normalized spacial score (nSPS) is 15.1. The van der Waals surface area contributed by atoms with Gasteiger partial charge in [-0.1, -0.05) is 0 Å². The van der Waals surface area contributed by atoms with Crippen molar-refractivity contribution in [1.29, 1.82) is 0 Å². The van der Waals surface area contributed by atoms with Gasteiger partial charge in [-0.3, -0.25) is 14.0 Å². The number of likely N-dealkylation sites (tertiary alicyclic amines) is 1. The summed E-state index contributed by atoms with van der Waals surface area (Å²) in [7, 11) is 0. The minimum atomic E-state index is -0.138. The number of fused-ring (bicyclic) bond motifs is 1. The average Bonchev–Trinajstić information content (AvgIpc) is 2.94. The Morgan fingerprint density at radius 3 is 2.84 bits per heavy atom. The Bertz CT molecular complexity index is 677. The largest absolute Gasteiger partial charge is 0.333 e. The van der Waals surface area contributed by atoms with E-state index in [1.165, 1.54) is 16.7 Å². The summed E-state index contributed by atoms with van der Waals surface area (Å²) in [5.74, 6) is 0. The first-order valence-corrected chi connectivity index (χ1v) is 7.00. The van der Waals surface area contributed by atoms with Crippen molar-refractivity contribution in [2.24, 2.45) is 0 Å². The number of hydrogen-bond acceptors (Lipinski definition) is 4. The number of thioether (sulfide) groups is 1. The van der Waals surface area contributed by atoms with E-state index in [-0.39, 0.29) is 10.8 Å². The third-order valence-corrected chi connectivity index (χ3v) is 4.12. The summed E-state index contributed by atoms with van der Waals surface area (Å²) in [5.41, 5.74) is 0.397. The predicted molar refractivity (Wildman–Crippen MR) is 73.5 cm³/mol. The van der Waals surface area contributed by atoms with Gasteiger partial charge < -0.3 is 4.90 Å². The molecule has 0 atom stereocenters. The zero-order chi connectivity index (χ0) is 13.2. The molecular formula is C13H13N3O2S. The zero-order valence-electron chi connectivity index (χ0n) is 10.3. The molecule has 1 aliphatic heterocycles. The van der Waals surface area contributed by atoms with Crippen LogP contribution in [-0.4, -0.2) is 32.6 Å². The first kappa shape index (κ1) is 12.2. The van der Waals surface area contributed by atoms with E-state index in [0.29, 0.717) is 5.65 Å². The topological polar surface area (TPSA) is 54.7 Å². The average molecular weight is 275 g/mol. The van der Waals surface area contributed by atoms with Crippen LogP contribution in [0.15, 0.2) is 40.3 Å². The maximum absolute atomic E-state index is 12.1. The number of amides is 1. The molecule has 0 radical (unpaired) electrons. The highest BCUT2D eigenvalue weighted by Gasteiger charge is 2.20. The summed E-state index contributed by atoms with van der Waals surface area (Å²) in [6, 6.07) is 4.99. The number of nitrogens with zero attached hydrogens (tertiary/aromatic N) is 3. The molecule has 3 heterocycles. The van der Waals surface area contributed by atoms with E-state index in [9.17, 15) is 9.59 Å². The van der Waals surface area contributed by atoms with Gasteiger partial charge in [0.2, 0.25) is 0 Å². The molecule has 1 aliphatic rings. The van der Waals surface area contributed by atoms with Crippen LogP contribution < -0.4 is 5.56 Å². The van der Waals surface area contributed by atoms with Gasteiger partial charge in [0.15, 0.2) is 5.65 Å². The SMILES string of the molecule is O=C(Sc1cccn2c(=O)ccnc12)N1CCCC1. The molecule has 19 heavy (non-hydrogen) atoms. The summed E-state index contributed by atoms with van der Waals surface area (Å²) in [6.07, 6.45) is 5.27. The Hall–Kier alpha value is -1.82. The Balaban J connectivity index is 1.94. The van der Waals surface area contributed by atoms with Gasteiger partial charge in [-0.05, 0) is 36.7 Å². The van der Waals surface area contributed by atoms with Gasteiger partial charge in [-0.25, -0.2) is 4.98 Å². The van der Waals surface area contributed by atoms with Crippen LogP contribution in [-0.2, 0) is 0 Å². The van der Waals surface area contributed by atoms with Crippen molar-refractivity contribution in [3.63, 3.8) is 0 Å². The molecule has 5 nitrogen and oxygen atoms in total. The maximum atomic E-state index is 12.1. The standard InChI is InChI=1S/C13H13N3O2S/c17-11-5-6-14-12-10(4-3-9-16(11)12)19-13(18)15-7-1-2-8-15/h3-6,9H,1-2,7-8H2. The number of pyridine rings is 1. The summed E-state index contributed by atoms with van der Waals surface area (Å²) in [4.78, 5) is 30.6. The number of aromatic nitrogens is 2. The van der Waals surface area contributed by atoms with Gasteiger partial charge in [-0.15, -0.1) is 0 Å². The number of rotatable bonds is 1. The maximum Gasteiger partial charge on any atom is 0.286 e.